The lowest BCUT2D eigenvalue weighted by Gasteiger charge is -1.98. The van der Waals surface area contributed by atoms with Gasteiger partial charge in [0.25, 0.3) is 5.91 Å². The van der Waals surface area contributed by atoms with Crippen LogP contribution in [0.4, 0.5) is 0 Å². The van der Waals surface area contributed by atoms with Gasteiger partial charge in [-0.1, -0.05) is 0 Å². The van der Waals surface area contributed by atoms with Crippen LogP contribution in [0.25, 0.3) is 0 Å². The predicted octanol–water partition coefficient (Wildman–Crippen LogP) is -0.111. The minimum atomic E-state index is -0.170. The monoisotopic (exact) mass is 183 g/mol. The number of hydrogen-bond donors (Lipinski definition) is 1. The minimum absolute atomic E-state index is 0.170. The van der Waals surface area contributed by atoms with Gasteiger partial charge in [0, 0.05) is 20.4 Å². The molecule has 1 N–H and O–H groups in total. The third-order valence-corrected chi connectivity index (χ3v) is 1.62. The Morgan fingerprint density at radius 1 is 1.77 bits per heavy atom. The lowest BCUT2D eigenvalue weighted by molar-refractivity contribution is 0.0956. The number of methoxy groups -OCH3 is 1. The van der Waals surface area contributed by atoms with Crippen molar-refractivity contribution < 1.29 is 9.53 Å². The molecule has 0 aromatic carbocycles. The van der Waals surface area contributed by atoms with Gasteiger partial charge in [-0.3, -0.25) is 9.48 Å². The highest BCUT2D eigenvalue weighted by molar-refractivity contribution is 5.91. The molecule has 0 radical (unpaired) electrons. The normalized spacial score (nSPS) is 10.0. The van der Waals surface area contributed by atoms with Crippen molar-refractivity contribution in [1.29, 1.82) is 0 Å². The van der Waals surface area contributed by atoms with Gasteiger partial charge in [0.1, 0.15) is 5.69 Å². The molecule has 1 aromatic heterocycles. The van der Waals surface area contributed by atoms with Crippen molar-refractivity contribution in [2.75, 3.05) is 20.8 Å². The fraction of sp³-hybridized carbons (Fsp3) is 0.500. The summed E-state index contributed by atoms with van der Waals surface area (Å²) in [6.45, 7) is 1.25. The summed E-state index contributed by atoms with van der Waals surface area (Å²) in [5.41, 5.74) is 0.429. The van der Waals surface area contributed by atoms with Crippen molar-refractivity contribution in [1.82, 2.24) is 15.1 Å². The van der Waals surface area contributed by atoms with E-state index in [2.05, 4.69) is 10.4 Å². The van der Waals surface area contributed by atoms with Gasteiger partial charge >= 0.3 is 0 Å². The molecule has 0 bridgehead atoms. The zero-order chi connectivity index (χ0) is 9.68. The molecule has 1 rings (SSSR count). The Bertz CT molecular complexity index is 283. The molecule has 13 heavy (non-hydrogen) atoms. The average molecular weight is 183 g/mol. The van der Waals surface area contributed by atoms with Gasteiger partial charge in [0.15, 0.2) is 0 Å². The van der Waals surface area contributed by atoms with Crippen molar-refractivity contribution >= 4 is 5.91 Å². The molecule has 0 saturated carbocycles. The smallest absolute Gasteiger partial charge is 0.271 e. The molecule has 0 aliphatic heterocycles. The van der Waals surface area contributed by atoms with Crippen LogP contribution in [0.5, 0.6) is 0 Å². The molecule has 0 fully saturated rings. The summed E-state index contributed by atoms with van der Waals surface area (Å²) in [4.78, 5) is 11.1. The number of carbonyl (C=O) groups excluding carboxylic acids is 1. The molecule has 5 nitrogen and oxygen atoms in total. The molecule has 1 amide bonds. The van der Waals surface area contributed by atoms with Crippen LogP contribution in [-0.2, 0) is 11.3 Å². The second kappa shape index (κ2) is 4.61. The van der Waals surface area contributed by atoms with Crippen LogP contribution in [0.15, 0.2) is 12.3 Å². The van der Waals surface area contributed by atoms with Gasteiger partial charge in [-0.25, -0.2) is 0 Å². The minimum Gasteiger partial charge on any atom is -0.383 e. The number of ether oxygens (including phenoxy) is 1. The quantitative estimate of drug-likeness (QED) is 0.708. The number of rotatable bonds is 4. The Kier molecular flexibility index (Phi) is 3.45. The number of nitrogens with one attached hydrogen (secondary N) is 1. The fourth-order valence-corrected chi connectivity index (χ4v) is 0.920. The Morgan fingerprint density at radius 3 is 3.15 bits per heavy atom. The SMILES string of the molecule is CNC(=O)c1ccn(CCOC)n1. The third-order valence-electron chi connectivity index (χ3n) is 1.62. The summed E-state index contributed by atoms with van der Waals surface area (Å²) in [5.74, 6) is -0.170. The van der Waals surface area contributed by atoms with E-state index in [1.807, 2.05) is 0 Å². The Morgan fingerprint density at radius 2 is 2.54 bits per heavy atom. The van der Waals surface area contributed by atoms with E-state index in [4.69, 9.17) is 4.74 Å². The third kappa shape index (κ3) is 2.55. The number of nitrogens with zero attached hydrogens (tertiary/aromatic N) is 2. The van der Waals surface area contributed by atoms with Crippen LogP contribution in [0, 0.1) is 0 Å². The summed E-state index contributed by atoms with van der Waals surface area (Å²) < 4.78 is 6.56. The van der Waals surface area contributed by atoms with Crippen molar-refractivity contribution in [3.63, 3.8) is 0 Å². The average Bonchev–Trinajstić information content (AvgIpc) is 2.62. The van der Waals surface area contributed by atoms with E-state index in [0.29, 0.717) is 18.8 Å². The van der Waals surface area contributed by atoms with Crippen molar-refractivity contribution in [2.24, 2.45) is 0 Å². The summed E-state index contributed by atoms with van der Waals surface area (Å²) in [6, 6.07) is 1.68. The summed E-state index contributed by atoms with van der Waals surface area (Å²) in [7, 11) is 3.21. The van der Waals surface area contributed by atoms with Crippen molar-refractivity contribution in [3.8, 4) is 0 Å². The first-order chi connectivity index (χ1) is 6.27. The summed E-state index contributed by atoms with van der Waals surface area (Å²) in [5, 5.41) is 6.55. The van der Waals surface area contributed by atoms with Gasteiger partial charge in [-0.15, -0.1) is 0 Å². The van der Waals surface area contributed by atoms with Gasteiger partial charge < -0.3 is 10.1 Å². The molecule has 0 saturated heterocycles. The molecule has 0 aliphatic rings. The Labute approximate surface area is 76.7 Å². The highest BCUT2D eigenvalue weighted by Gasteiger charge is 2.05. The van der Waals surface area contributed by atoms with Crippen LogP contribution in [0.3, 0.4) is 0 Å². The summed E-state index contributed by atoms with van der Waals surface area (Å²) >= 11 is 0. The maximum Gasteiger partial charge on any atom is 0.271 e. The van der Waals surface area contributed by atoms with E-state index >= 15 is 0 Å². The van der Waals surface area contributed by atoms with Crippen molar-refractivity contribution in [2.45, 2.75) is 6.54 Å². The molecule has 72 valence electrons. The highest BCUT2D eigenvalue weighted by Crippen LogP contribution is 1.94. The lowest BCUT2D eigenvalue weighted by atomic mass is 10.4. The molecular formula is C8H13N3O2. The molecule has 0 aliphatic carbocycles. The Balaban J connectivity index is 2.58. The first-order valence-corrected chi connectivity index (χ1v) is 4.02. The zero-order valence-electron chi connectivity index (χ0n) is 7.78. The predicted molar refractivity (Wildman–Crippen MR) is 47.5 cm³/mol. The number of hydrogen-bond acceptors (Lipinski definition) is 3. The number of aromatic nitrogens is 2. The first kappa shape index (κ1) is 9.73. The molecule has 1 aromatic rings. The van der Waals surface area contributed by atoms with E-state index < -0.39 is 0 Å². The molecule has 0 unspecified atom stereocenters. The van der Waals surface area contributed by atoms with E-state index in [1.54, 1.807) is 31.1 Å². The Hall–Kier alpha value is -1.36. The van der Waals surface area contributed by atoms with Gasteiger partial charge in [0.05, 0.1) is 13.2 Å². The van der Waals surface area contributed by atoms with Crippen LogP contribution in [0.2, 0.25) is 0 Å². The van der Waals surface area contributed by atoms with Crippen molar-refractivity contribution in [3.05, 3.63) is 18.0 Å². The fourth-order valence-electron chi connectivity index (χ4n) is 0.920. The number of amides is 1. The van der Waals surface area contributed by atoms with Gasteiger partial charge in [-0.2, -0.15) is 5.10 Å². The van der Waals surface area contributed by atoms with Crippen LogP contribution in [-0.4, -0.2) is 36.5 Å². The maximum atomic E-state index is 11.1. The lowest BCUT2D eigenvalue weighted by Crippen LogP contribution is -2.19. The first-order valence-electron chi connectivity index (χ1n) is 4.02. The molecule has 0 atom stereocenters. The van der Waals surface area contributed by atoms with E-state index in [1.165, 1.54) is 0 Å². The van der Waals surface area contributed by atoms with Crippen LogP contribution in [0.1, 0.15) is 10.5 Å². The molecule has 0 spiro atoms. The second-order valence-electron chi connectivity index (χ2n) is 2.54. The number of carbonyl (C=O) groups is 1. The highest BCUT2D eigenvalue weighted by atomic mass is 16.5. The van der Waals surface area contributed by atoms with Crippen LogP contribution < -0.4 is 5.32 Å². The van der Waals surface area contributed by atoms with Crippen LogP contribution >= 0.6 is 0 Å². The summed E-state index contributed by atoms with van der Waals surface area (Å²) in [6.07, 6.45) is 1.75. The maximum absolute atomic E-state index is 11.1. The van der Waals surface area contributed by atoms with E-state index in [-0.39, 0.29) is 5.91 Å². The second-order valence-corrected chi connectivity index (χ2v) is 2.54. The topological polar surface area (TPSA) is 56.2 Å². The molecule has 5 heteroatoms. The van der Waals surface area contributed by atoms with E-state index in [9.17, 15) is 4.79 Å². The largest absolute Gasteiger partial charge is 0.383 e. The van der Waals surface area contributed by atoms with E-state index in [0.717, 1.165) is 0 Å². The van der Waals surface area contributed by atoms with Gasteiger partial charge in [0.2, 0.25) is 0 Å². The standard InChI is InChI=1S/C8H13N3O2/c1-9-8(12)7-3-4-11(10-7)5-6-13-2/h3-4H,5-6H2,1-2H3,(H,9,12). The molecular weight excluding hydrogens is 170 g/mol. The van der Waals surface area contributed by atoms with Gasteiger partial charge in [-0.05, 0) is 6.07 Å². The molecule has 1 heterocycles. The zero-order valence-corrected chi connectivity index (χ0v) is 7.78.